The minimum absolute atomic E-state index is 0.180. The number of rotatable bonds is 2. The summed E-state index contributed by atoms with van der Waals surface area (Å²) < 4.78 is 0. The van der Waals surface area contributed by atoms with Crippen molar-refractivity contribution >= 4 is 5.91 Å². The summed E-state index contributed by atoms with van der Waals surface area (Å²) in [7, 11) is 0. The number of nitrogens with zero attached hydrogens (tertiary/aromatic N) is 1. The molecule has 2 atom stereocenters. The van der Waals surface area contributed by atoms with Crippen LogP contribution in [-0.2, 0) is 4.79 Å². The van der Waals surface area contributed by atoms with Crippen LogP contribution in [0, 0.1) is 11.8 Å². The third kappa shape index (κ3) is 2.96. The molecule has 2 N–H and O–H groups in total. The maximum Gasteiger partial charge on any atom is 0.224 e. The second kappa shape index (κ2) is 5.43. The number of carbonyl (C=O) groups is 1. The van der Waals surface area contributed by atoms with Crippen LogP contribution >= 0.6 is 0 Å². The first-order valence-electron chi connectivity index (χ1n) is 8.23. The Morgan fingerprint density at radius 3 is 2.47 bits per heavy atom. The SMILES string of the molecule is NC1(CC(=O)N2CCC3CCCCC3C2)CCCC1. The Balaban J connectivity index is 1.55. The molecule has 1 amide bonds. The van der Waals surface area contributed by atoms with Crippen molar-refractivity contribution in [1.29, 1.82) is 0 Å². The van der Waals surface area contributed by atoms with Crippen LogP contribution in [-0.4, -0.2) is 29.4 Å². The van der Waals surface area contributed by atoms with E-state index in [0.717, 1.165) is 37.8 Å². The van der Waals surface area contributed by atoms with Crippen molar-refractivity contribution in [1.82, 2.24) is 4.90 Å². The zero-order valence-corrected chi connectivity index (χ0v) is 12.1. The van der Waals surface area contributed by atoms with Crippen molar-refractivity contribution in [2.24, 2.45) is 17.6 Å². The Morgan fingerprint density at radius 1 is 1.05 bits per heavy atom. The monoisotopic (exact) mass is 264 g/mol. The molecule has 3 aliphatic rings. The molecular formula is C16H28N2O. The van der Waals surface area contributed by atoms with E-state index >= 15 is 0 Å². The quantitative estimate of drug-likeness (QED) is 0.833. The molecule has 19 heavy (non-hydrogen) atoms. The number of piperidine rings is 1. The van der Waals surface area contributed by atoms with E-state index in [9.17, 15) is 4.79 Å². The van der Waals surface area contributed by atoms with Crippen molar-refractivity contribution in [3.8, 4) is 0 Å². The average molecular weight is 264 g/mol. The lowest BCUT2D eigenvalue weighted by Crippen LogP contribution is -2.48. The van der Waals surface area contributed by atoms with Crippen molar-refractivity contribution in [2.45, 2.75) is 69.7 Å². The fraction of sp³-hybridized carbons (Fsp3) is 0.938. The Bertz CT molecular complexity index is 336. The highest BCUT2D eigenvalue weighted by molar-refractivity contribution is 5.77. The highest BCUT2D eigenvalue weighted by atomic mass is 16.2. The van der Waals surface area contributed by atoms with Crippen LogP contribution in [0.5, 0.6) is 0 Å². The maximum atomic E-state index is 12.5. The molecule has 0 aromatic heterocycles. The summed E-state index contributed by atoms with van der Waals surface area (Å²) in [6.07, 6.45) is 11.8. The third-order valence-corrected chi connectivity index (χ3v) is 5.75. The molecule has 2 unspecified atom stereocenters. The summed E-state index contributed by atoms with van der Waals surface area (Å²) in [5.41, 5.74) is 6.17. The second-order valence-corrected chi connectivity index (χ2v) is 7.18. The van der Waals surface area contributed by atoms with Gasteiger partial charge in [0.15, 0.2) is 0 Å². The van der Waals surface area contributed by atoms with Crippen LogP contribution in [0.25, 0.3) is 0 Å². The zero-order chi connectivity index (χ0) is 13.3. The average Bonchev–Trinajstić information content (AvgIpc) is 2.84. The van der Waals surface area contributed by atoms with E-state index in [1.807, 2.05) is 0 Å². The fourth-order valence-corrected chi connectivity index (χ4v) is 4.50. The molecular weight excluding hydrogens is 236 g/mol. The number of likely N-dealkylation sites (tertiary alicyclic amines) is 1. The number of amides is 1. The highest BCUT2D eigenvalue weighted by Crippen LogP contribution is 2.37. The summed E-state index contributed by atoms with van der Waals surface area (Å²) in [5.74, 6) is 2.01. The van der Waals surface area contributed by atoms with Crippen molar-refractivity contribution in [3.63, 3.8) is 0 Å². The largest absolute Gasteiger partial charge is 0.342 e. The molecule has 108 valence electrons. The van der Waals surface area contributed by atoms with Gasteiger partial charge < -0.3 is 10.6 Å². The molecule has 0 aromatic rings. The minimum Gasteiger partial charge on any atom is -0.342 e. The van der Waals surface area contributed by atoms with E-state index in [4.69, 9.17) is 5.73 Å². The van der Waals surface area contributed by atoms with Crippen LogP contribution < -0.4 is 5.73 Å². The lowest BCUT2D eigenvalue weighted by molar-refractivity contribution is -0.135. The van der Waals surface area contributed by atoms with Gasteiger partial charge in [-0.2, -0.15) is 0 Å². The number of hydrogen-bond acceptors (Lipinski definition) is 2. The van der Waals surface area contributed by atoms with Gasteiger partial charge in [0, 0.05) is 25.0 Å². The van der Waals surface area contributed by atoms with Gasteiger partial charge in [0.25, 0.3) is 0 Å². The molecule has 0 aromatic carbocycles. The molecule has 0 radical (unpaired) electrons. The Kier molecular flexibility index (Phi) is 3.84. The van der Waals surface area contributed by atoms with Gasteiger partial charge in [0.2, 0.25) is 5.91 Å². The predicted octanol–water partition coefficient (Wildman–Crippen LogP) is 2.69. The Hall–Kier alpha value is -0.570. The first-order valence-corrected chi connectivity index (χ1v) is 8.23. The normalized spacial score (nSPS) is 34.1. The third-order valence-electron chi connectivity index (χ3n) is 5.75. The second-order valence-electron chi connectivity index (χ2n) is 7.18. The molecule has 2 aliphatic carbocycles. The molecule has 0 bridgehead atoms. The minimum atomic E-state index is -0.180. The van der Waals surface area contributed by atoms with Crippen molar-refractivity contribution in [2.75, 3.05) is 13.1 Å². The van der Waals surface area contributed by atoms with Gasteiger partial charge in [-0.05, 0) is 37.5 Å². The molecule has 3 fully saturated rings. The van der Waals surface area contributed by atoms with Crippen LogP contribution in [0.1, 0.15) is 64.2 Å². The summed E-state index contributed by atoms with van der Waals surface area (Å²) in [5, 5.41) is 0. The van der Waals surface area contributed by atoms with Gasteiger partial charge in [-0.25, -0.2) is 0 Å². The smallest absolute Gasteiger partial charge is 0.224 e. The van der Waals surface area contributed by atoms with E-state index in [2.05, 4.69) is 4.90 Å². The van der Waals surface area contributed by atoms with Crippen molar-refractivity contribution in [3.05, 3.63) is 0 Å². The Morgan fingerprint density at radius 2 is 1.74 bits per heavy atom. The van der Waals surface area contributed by atoms with Crippen LogP contribution in [0.15, 0.2) is 0 Å². The first kappa shape index (κ1) is 13.4. The lowest BCUT2D eigenvalue weighted by atomic mass is 9.75. The van der Waals surface area contributed by atoms with Crippen LogP contribution in [0.2, 0.25) is 0 Å². The van der Waals surface area contributed by atoms with Gasteiger partial charge in [0.05, 0.1) is 0 Å². The molecule has 3 heteroatoms. The fourth-order valence-electron chi connectivity index (χ4n) is 4.50. The predicted molar refractivity (Wildman–Crippen MR) is 76.6 cm³/mol. The standard InChI is InChI=1S/C16H28N2O/c17-16(8-3-4-9-16)11-15(19)18-10-7-13-5-1-2-6-14(13)12-18/h13-14H,1-12,17H2. The van der Waals surface area contributed by atoms with E-state index in [0.29, 0.717) is 12.3 Å². The van der Waals surface area contributed by atoms with Gasteiger partial charge >= 0.3 is 0 Å². The molecule has 1 aliphatic heterocycles. The molecule has 3 rings (SSSR count). The van der Waals surface area contributed by atoms with Crippen LogP contribution in [0.4, 0.5) is 0 Å². The van der Waals surface area contributed by atoms with Gasteiger partial charge in [-0.1, -0.05) is 32.1 Å². The number of carbonyl (C=O) groups excluding carboxylic acids is 1. The van der Waals surface area contributed by atoms with E-state index in [1.54, 1.807) is 0 Å². The first-order chi connectivity index (χ1) is 9.16. The number of fused-ring (bicyclic) bond motifs is 1. The molecule has 1 heterocycles. The molecule has 0 spiro atoms. The number of nitrogens with two attached hydrogens (primary N) is 1. The van der Waals surface area contributed by atoms with E-state index in [-0.39, 0.29) is 5.54 Å². The van der Waals surface area contributed by atoms with Crippen LogP contribution in [0.3, 0.4) is 0 Å². The molecule has 2 saturated carbocycles. The molecule has 3 nitrogen and oxygen atoms in total. The lowest BCUT2D eigenvalue weighted by Gasteiger charge is -2.42. The summed E-state index contributed by atoms with van der Waals surface area (Å²) >= 11 is 0. The summed E-state index contributed by atoms with van der Waals surface area (Å²) in [6.45, 7) is 2.00. The van der Waals surface area contributed by atoms with E-state index in [1.165, 1.54) is 44.9 Å². The molecule has 1 saturated heterocycles. The zero-order valence-electron chi connectivity index (χ0n) is 12.1. The Labute approximate surface area is 116 Å². The van der Waals surface area contributed by atoms with Gasteiger partial charge in [-0.15, -0.1) is 0 Å². The number of hydrogen-bond donors (Lipinski definition) is 1. The van der Waals surface area contributed by atoms with Gasteiger partial charge in [0.1, 0.15) is 0 Å². The summed E-state index contributed by atoms with van der Waals surface area (Å²) in [6, 6.07) is 0. The topological polar surface area (TPSA) is 46.3 Å². The van der Waals surface area contributed by atoms with Crippen molar-refractivity contribution < 1.29 is 4.79 Å². The highest BCUT2D eigenvalue weighted by Gasteiger charge is 2.37. The van der Waals surface area contributed by atoms with Gasteiger partial charge in [-0.3, -0.25) is 4.79 Å². The van der Waals surface area contributed by atoms with E-state index < -0.39 is 0 Å². The summed E-state index contributed by atoms with van der Waals surface area (Å²) in [4.78, 5) is 14.6. The maximum absolute atomic E-state index is 12.5.